The van der Waals surface area contributed by atoms with Crippen molar-refractivity contribution in [1.29, 1.82) is 0 Å². The summed E-state index contributed by atoms with van der Waals surface area (Å²) in [6.45, 7) is 8.93. The van der Waals surface area contributed by atoms with Gasteiger partial charge in [-0.05, 0) is 25.1 Å². The molecule has 1 N–H and O–H groups in total. The molecule has 0 saturated carbocycles. The first-order valence-corrected chi connectivity index (χ1v) is 8.44. The molecule has 2 heterocycles. The molecule has 3 rings (SSSR count). The van der Waals surface area contributed by atoms with E-state index in [1.165, 1.54) is 5.69 Å². The maximum absolute atomic E-state index is 6.07. The van der Waals surface area contributed by atoms with Crippen LogP contribution in [0.25, 0.3) is 0 Å². The van der Waals surface area contributed by atoms with E-state index in [9.17, 15) is 0 Å². The Kier molecular flexibility index (Phi) is 5.54. The lowest BCUT2D eigenvalue weighted by Gasteiger charge is -2.36. The summed E-state index contributed by atoms with van der Waals surface area (Å²) in [5, 5.41) is 8.10. The molecule has 0 radical (unpaired) electrons. The van der Waals surface area contributed by atoms with Gasteiger partial charge in [-0.1, -0.05) is 22.8 Å². The van der Waals surface area contributed by atoms with Crippen molar-refractivity contribution >= 4 is 17.3 Å². The molecule has 1 aromatic heterocycles. The highest BCUT2D eigenvalue weighted by molar-refractivity contribution is 6.30. The summed E-state index contributed by atoms with van der Waals surface area (Å²) in [6, 6.07) is 10.1. The van der Waals surface area contributed by atoms with Crippen molar-refractivity contribution in [2.24, 2.45) is 0 Å². The van der Waals surface area contributed by atoms with Gasteiger partial charge in [-0.15, -0.1) is 0 Å². The van der Waals surface area contributed by atoms with Crippen molar-refractivity contribution in [1.82, 2.24) is 15.4 Å². The number of benzene rings is 1. The van der Waals surface area contributed by atoms with E-state index >= 15 is 0 Å². The van der Waals surface area contributed by atoms with Crippen LogP contribution in [0.1, 0.15) is 11.5 Å². The summed E-state index contributed by atoms with van der Waals surface area (Å²) >= 11 is 6.07. The van der Waals surface area contributed by atoms with E-state index in [1.807, 2.05) is 31.2 Å². The topological polar surface area (TPSA) is 44.5 Å². The average molecular weight is 335 g/mol. The minimum Gasteiger partial charge on any atom is -0.369 e. The van der Waals surface area contributed by atoms with Gasteiger partial charge in [0, 0.05) is 56.0 Å². The zero-order valence-corrected chi connectivity index (χ0v) is 14.2. The number of nitrogens with one attached hydrogen (secondary N) is 1. The molecule has 1 fully saturated rings. The highest BCUT2D eigenvalue weighted by atomic mass is 35.5. The first-order valence-electron chi connectivity index (χ1n) is 8.06. The molecule has 1 aromatic carbocycles. The van der Waals surface area contributed by atoms with Crippen molar-refractivity contribution in [2.75, 3.05) is 44.2 Å². The molecule has 2 aromatic rings. The Morgan fingerprint density at radius 1 is 1.22 bits per heavy atom. The average Bonchev–Trinajstić information content (AvgIpc) is 2.98. The summed E-state index contributed by atoms with van der Waals surface area (Å²) in [6.07, 6.45) is 0. The van der Waals surface area contributed by atoms with Gasteiger partial charge in [-0.25, -0.2) is 0 Å². The van der Waals surface area contributed by atoms with E-state index in [0.717, 1.165) is 62.3 Å². The fourth-order valence-electron chi connectivity index (χ4n) is 2.85. The SMILES string of the molecule is Cc1cc(CNCCN2CCN(c3cccc(Cl)c3)CC2)on1. The molecule has 0 amide bonds. The molecule has 0 aliphatic carbocycles. The fourth-order valence-corrected chi connectivity index (χ4v) is 3.04. The predicted molar refractivity (Wildman–Crippen MR) is 93.1 cm³/mol. The van der Waals surface area contributed by atoms with E-state index in [-0.39, 0.29) is 0 Å². The molecule has 0 unspecified atom stereocenters. The number of piperazine rings is 1. The van der Waals surface area contributed by atoms with Crippen molar-refractivity contribution < 1.29 is 4.52 Å². The van der Waals surface area contributed by atoms with Crippen LogP contribution in [0.3, 0.4) is 0 Å². The smallest absolute Gasteiger partial charge is 0.150 e. The van der Waals surface area contributed by atoms with Crippen LogP contribution < -0.4 is 10.2 Å². The van der Waals surface area contributed by atoms with Crippen LogP contribution in [0.15, 0.2) is 34.9 Å². The Labute approximate surface area is 142 Å². The molecule has 1 aliphatic heterocycles. The molecule has 124 valence electrons. The lowest BCUT2D eigenvalue weighted by molar-refractivity contribution is 0.255. The highest BCUT2D eigenvalue weighted by Gasteiger charge is 2.16. The van der Waals surface area contributed by atoms with Gasteiger partial charge in [0.1, 0.15) is 0 Å². The molecule has 23 heavy (non-hydrogen) atoms. The van der Waals surface area contributed by atoms with Crippen molar-refractivity contribution in [3.05, 3.63) is 46.8 Å². The van der Waals surface area contributed by atoms with E-state index in [1.54, 1.807) is 0 Å². The number of halogens is 1. The summed E-state index contributed by atoms with van der Waals surface area (Å²) < 4.78 is 5.19. The van der Waals surface area contributed by atoms with Crippen LogP contribution in [-0.4, -0.2) is 49.3 Å². The van der Waals surface area contributed by atoms with Gasteiger partial charge in [0.15, 0.2) is 5.76 Å². The van der Waals surface area contributed by atoms with Crippen LogP contribution >= 0.6 is 11.6 Å². The fraction of sp³-hybridized carbons (Fsp3) is 0.471. The minimum atomic E-state index is 0.739. The van der Waals surface area contributed by atoms with Crippen LogP contribution in [0.4, 0.5) is 5.69 Å². The standard InChI is InChI=1S/C17H23ClN4O/c1-14-11-17(23-20-14)13-19-5-6-21-7-9-22(10-8-21)16-4-2-3-15(18)12-16/h2-4,11-12,19H,5-10,13H2,1H3. The third kappa shape index (κ3) is 4.70. The number of aryl methyl sites for hydroxylation is 1. The largest absolute Gasteiger partial charge is 0.369 e. The number of rotatable bonds is 6. The van der Waals surface area contributed by atoms with Crippen LogP contribution in [-0.2, 0) is 6.54 Å². The van der Waals surface area contributed by atoms with Gasteiger partial charge >= 0.3 is 0 Å². The maximum atomic E-state index is 6.07. The van der Waals surface area contributed by atoms with Crippen molar-refractivity contribution in [3.8, 4) is 0 Å². The second-order valence-corrected chi connectivity index (χ2v) is 6.36. The van der Waals surface area contributed by atoms with E-state index in [4.69, 9.17) is 16.1 Å². The third-order valence-electron chi connectivity index (χ3n) is 4.13. The predicted octanol–water partition coefficient (Wildman–Crippen LogP) is 2.55. The first kappa shape index (κ1) is 16.3. The summed E-state index contributed by atoms with van der Waals surface area (Å²) in [4.78, 5) is 4.88. The molecule has 0 spiro atoms. The van der Waals surface area contributed by atoms with Gasteiger partial charge in [-0.2, -0.15) is 0 Å². The zero-order chi connectivity index (χ0) is 16.1. The number of nitrogens with zero attached hydrogens (tertiary/aromatic N) is 3. The zero-order valence-electron chi connectivity index (χ0n) is 13.5. The van der Waals surface area contributed by atoms with Gasteiger partial charge in [0.2, 0.25) is 0 Å². The van der Waals surface area contributed by atoms with Crippen molar-refractivity contribution in [2.45, 2.75) is 13.5 Å². The molecule has 6 heteroatoms. The molecule has 1 aliphatic rings. The summed E-state index contributed by atoms with van der Waals surface area (Å²) in [7, 11) is 0. The lowest BCUT2D eigenvalue weighted by Crippen LogP contribution is -2.48. The molecular formula is C17H23ClN4O. The van der Waals surface area contributed by atoms with Crippen LogP contribution in [0, 0.1) is 6.92 Å². The summed E-state index contributed by atoms with van der Waals surface area (Å²) in [5.41, 5.74) is 2.15. The molecular weight excluding hydrogens is 312 g/mol. The van der Waals surface area contributed by atoms with Gasteiger partial charge in [0.25, 0.3) is 0 Å². The molecule has 5 nitrogen and oxygen atoms in total. The first-order chi connectivity index (χ1) is 11.2. The van der Waals surface area contributed by atoms with Gasteiger partial charge in [0.05, 0.1) is 12.2 Å². The van der Waals surface area contributed by atoms with Gasteiger partial charge in [-0.3, -0.25) is 4.90 Å². The minimum absolute atomic E-state index is 0.739. The third-order valence-corrected chi connectivity index (χ3v) is 4.36. The number of hydrogen-bond donors (Lipinski definition) is 1. The number of anilines is 1. The maximum Gasteiger partial charge on any atom is 0.150 e. The Hall–Kier alpha value is -1.56. The Balaban J connectivity index is 1.36. The quantitative estimate of drug-likeness (QED) is 0.822. The number of aromatic nitrogens is 1. The van der Waals surface area contributed by atoms with Crippen LogP contribution in [0.5, 0.6) is 0 Å². The number of hydrogen-bond acceptors (Lipinski definition) is 5. The van der Waals surface area contributed by atoms with Crippen molar-refractivity contribution in [3.63, 3.8) is 0 Å². The molecule has 0 atom stereocenters. The molecule has 1 saturated heterocycles. The normalized spacial score (nSPS) is 16.0. The summed E-state index contributed by atoms with van der Waals surface area (Å²) in [5.74, 6) is 0.897. The second-order valence-electron chi connectivity index (χ2n) is 5.92. The lowest BCUT2D eigenvalue weighted by atomic mass is 10.2. The Morgan fingerprint density at radius 3 is 2.74 bits per heavy atom. The monoisotopic (exact) mass is 334 g/mol. The van der Waals surface area contributed by atoms with Gasteiger partial charge < -0.3 is 14.7 Å². The Bertz CT molecular complexity index is 623. The van der Waals surface area contributed by atoms with E-state index in [0.29, 0.717) is 0 Å². The second kappa shape index (κ2) is 7.81. The van der Waals surface area contributed by atoms with E-state index in [2.05, 4.69) is 26.3 Å². The van der Waals surface area contributed by atoms with Crippen LogP contribution in [0.2, 0.25) is 5.02 Å². The molecule has 0 bridgehead atoms. The Morgan fingerprint density at radius 2 is 2.04 bits per heavy atom. The highest BCUT2D eigenvalue weighted by Crippen LogP contribution is 2.20. The van der Waals surface area contributed by atoms with E-state index < -0.39 is 0 Å².